The lowest BCUT2D eigenvalue weighted by Crippen LogP contribution is -2.45. The normalized spacial score (nSPS) is 20.3. The quantitative estimate of drug-likeness (QED) is 0.786. The van der Waals surface area contributed by atoms with Crippen LogP contribution in [0.25, 0.3) is 0 Å². The molecule has 1 aromatic rings. The number of likely N-dealkylation sites (tertiary alicyclic amines) is 1. The average Bonchev–Trinajstić information content (AvgIpc) is 3.15. The molecule has 1 atom stereocenters. The Morgan fingerprint density at radius 1 is 1.10 bits per heavy atom. The minimum Gasteiger partial charge on any atom is -0.370 e. The van der Waals surface area contributed by atoms with Gasteiger partial charge in [-0.25, -0.2) is 0 Å². The van der Waals surface area contributed by atoms with Gasteiger partial charge in [0, 0.05) is 27.2 Å². The minimum absolute atomic E-state index is 0.0278. The number of carbonyl (C=O) groups is 2. The molecule has 2 saturated heterocycles. The summed E-state index contributed by atoms with van der Waals surface area (Å²) in [6, 6.07) is 3.15. The topological polar surface area (TPSA) is 55.9 Å². The molecule has 0 saturated carbocycles. The summed E-state index contributed by atoms with van der Waals surface area (Å²) >= 11 is 0. The van der Waals surface area contributed by atoms with Crippen molar-refractivity contribution in [3.63, 3.8) is 0 Å². The summed E-state index contributed by atoms with van der Waals surface area (Å²) in [7, 11) is 3.35. The summed E-state index contributed by atoms with van der Waals surface area (Å²) in [5.41, 5.74) is -0.00908. The van der Waals surface area contributed by atoms with Crippen molar-refractivity contribution in [3.8, 4) is 0 Å². The van der Waals surface area contributed by atoms with Crippen LogP contribution in [0.5, 0.6) is 0 Å². The van der Waals surface area contributed by atoms with E-state index in [9.17, 15) is 22.8 Å². The van der Waals surface area contributed by atoms with E-state index in [2.05, 4.69) is 5.32 Å². The van der Waals surface area contributed by atoms with E-state index in [4.69, 9.17) is 0 Å². The van der Waals surface area contributed by atoms with Gasteiger partial charge in [0.2, 0.25) is 11.8 Å². The molecule has 1 unspecified atom stereocenters. The first kappa shape index (κ1) is 22.4. The Labute approximate surface area is 175 Å². The molecule has 0 bridgehead atoms. The monoisotopic (exact) mass is 426 g/mol. The van der Waals surface area contributed by atoms with Crippen molar-refractivity contribution in [1.82, 2.24) is 9.80 Å². The first-order chi connectivity index (χ1) is 14.2. The number of nitrogens with zero attached hydrogens (tertiary/aromatic N) is 3. The molecular weight excluding hydrogens is 397 g/mol. The van der Waals surface area contributed by atoms with Crippen molar-refractivity contribution < 1.29 is 22.8 Å². The molecule has 166 valence electrons. The number of benzene rings is 1. The number of likely N-dealkylation sites (N-methyl/N-ethyl adjacent to an activating group) is 1. The predicted molar refractivity (Wildman–Crippen MR) is 109 cm³/mol. The Balaban J connectivity index is 1.78. The zero-order valence-electron chi connectivity index (χ0n) is 17.5. The number of hydrogen-bond donors (Lipinski definition) is 1. The van der Waals surface area contributed by atoms with Crippen molar-refractivity contribution in [2.24, 2.45) is 0 Å². The second kappa shape index (κ2) is 9.24. The van der Waals surface area contributed by atoms with Crippen LogP contribution >= 0.6 is 0 Å². The molecule has 2 fully saturated rings. The Morgan fingerprint density at radius 2 is 1.80 bits per heavy atom. The maximum atomic E-state index is 13.2. The van der Waals surface area contributed by atoms with E-state index < -0.39 is 17.6 Å². The van der Waals surface area contributed by atoms with Gasteiger partial charge in [-0.1, -0.05) is 0 Å². The van der Waals surface area contributed by atoms with Crippen molar-refractivity contribution in [1.29, 1.82) is 0 Å². The van der Waals surface area contributed by atoms with Gasteiger partial charge in [-0.3, -0.25) is 14.5 Å². The molecule has 6 nitrogen and oxygen atoms in total. The summed E-state index contributed by atoms with van der Waals surface area (Å²) in [6.45, 7) is 2.08. The van der Waals surface area contributed by atoms with E-state index in [1.165, 1.54) is 11.0 Å². The molecule has 9 heteroatoms. The number of alkyl halides is 3. The molecule has 2 amide bonds. The van der Waals surface area contributed by atoms with E-state index >= 15 is 0 Å². The third kappa shape index (κ3) is 5.24. The highest BCUT2D eigenvalue weighted by Gasteiger charge is 2.34. The second-order valence-corrected chi connectivity index (χ2v) is 8.19. The highest BCUT2D eigenvalue weighted by molar-refractivity contribution is 5.96. The summed E-state index contributed by atoms with van der Waals surface area (Å²) in [5.74, 6) is -0.473. The van der Waals surface area contributed by atoms with Crippen LogP contribution in [0.3, 0.4) is 0 Å². The molecule has 1 N–H and O–H groups in total. The van der Waals surface area contributed by atoms with Crippen LogP contribution in [0, 0.1) is 0 Å². The lowest BCUT2D eigenvalue weighted by molar-refractivity contribution is -0.137. The van der Waals surface area contributed by atoms with Gasteiger partial charge in [-0.15, -0.1) is 0 Å². The summed E-state index contributed by atoms with van der Waals surface area (Å²) in [4.78, 5) is 30.4. The van der Waals surface area contributed by atoms with Crippen LogP contribution < -0.4 is 10.2 Å². The standard InChI is InChI=1S/C21H29F3N4O2/c1-26(2)20(30)18-7-6-12-28(18)14-19(29)25-16-13-15(21(22,23)24)8-9-17(16)27-10-4-3-5-11-27/h8-9,13,18H,3-7,10-12,14H2,1-2H3,(H,25,29). The number of piperidine rings is 1. The van der Waals surface area contributed by atoms with Gasteiger partial charge in [0.15, 0.2) is 0 Å². The van der Waals surface area contributed by atoms with Gasteiger partial charge in [0.1, 0.15) is 0 Å². The van der Waals surface area contributed by atoms with Crippen LogP contribution in [0.15, 0.2) is 18.2 Å². The first-order valence-corrected chi connectivity index (χ1v) is 10.4. The van der Waals surface area contributed by atoms with Gasteiger partial charge < -0.3 is 15.1 Å². The number of rotatable bonds is 5. The fraction of sp³-hybridized carbons (Fsp3) is 0.619. The summed E-state index contributed by atoms with van der Waals surface area (Å²) in [5, 5.41) is 2.69. The van der Waals surface area contributed by atoms with Crippen LogP contribution in [0.2, 0.25) is 0 Å². The molecule has 2 aliphatic rings. The smallest absolute Gasteiger partial charge is 0.370 e. The lowest BCUT2D eigenvalue weighted by Gasteiger charge is -2.31. The molecule has 0 spiro atoms. The molecule has 2 heterocycles. The predicted octanol–water partition coefficient (Wildman–Crippen LogP) is 3.19. The zero-order chi connectivity index (χ0) is 21.9. The fourth-order valence-corrected chi connectivity index (χ4v) is 4.19. The van der Waals surface area contributed by atoms with E-state index in [1.807, 2.05) is 4.90 Å². The molecule has 2 aliphatic heterocycles. The SMILES string of the molecule is CN(C)C(=O)C1CCCN1CC(=O)Nc1cc(C(F)(F)F)ccc1N1CCCCC1. The minimum atomic E-state index is -4.49. The highest BCUT2D eigenvalue weighted by Crippen LogP contribution is 2.36. The molecule has 1 aromatic carbocycles. The van der Waals surface area contributed by atoms with Gasteiger partial charge in [0.05, 0.1) is 29.5 Å². The molecule has 3 rings (SSSR count). The number of carbonyl (C=O) groups excluding carboxylic acids is 2. The number of anilines is 2. The van der Waals surface area contributed by atoms with Crippen LogP contribution in [-0.4, -0.2) is 67.9 Å². The number of amides is 2. The van der Waals surface area contributed by atoms with Crippen molar-refractivity contribution in [2.45, 2.75) is 44.3 Å². The molecule has 0 radical (unpaired) electrons. The number of hydrogen-bond acceptors (Lipinski definition) is 4. The van der Waals surface area contributed by atoms with Gasteiger partial charge in [-0.05, 0) is 56.8 Å². The zero-order valence-corrected chi connectivity index (χ0v) is 17.5. The third-order valence-electron chi connectivity index (χ3n) is 5.73. The van der Waals surface area contributed by atoms with Crippen LogP contribution in [0.1, 0.15) is 37.7 Å². The lowest BCUT2D eigenvalue weighted by atomic mass is 10.1. The van der Waals surface area contributed by atoms with Crippen LogP contribution in [0.4, 0.5) is 24.5 Å². The van der Waals surface area contributed by atoms with Gasteiger partial charge in [0.25, 0.3) is 0 Å². The fourth-order valence-electron chi connectivity index (χ4n) is 4.19. The van der Waals surface area contributed by atoms with Crippen molar-refractivity contribution >= 4 is 23.2 Å². The Morgan fingerprint density at radius 3 is 2.43 bits per heavy atom. The van der Waals surface area contributed by atoms with Crippen molar-refractivity contribution in [3.05, 3.63) is 23.8 Å². The second-order valence-electron chi connectivity index (χ2n) is 8.19. The Kier molecular flexibility index (Phi) is 6.90. The van der Waals surface area contributed by atoms with Gasteiger partial charge in [-0.2, -0.15) is 13.2 Å². The van der Waals surface area contributed by atoms with E-state index in [-0.39, 0.29) is 24.2 Å². The molecule has 0 aliphatic carbocycles. The maximum Gasteiger partial charge on any atom is 0.416 e. The third-order valence-corrected chi connectivity index (χ3v) is 5.73. The van der Waals surface area contributed by atoms with E-state index in [1.54, 1.807) is 19.0 Å². The molecule has 30 heavy (non-hydrogen) atoms. The van der Waals surface area contributed by atoms with Crippen LogP contribution in [-0.2, 0) is 15.8 Å². The van der Waals surface area contributed by atoms with Gasteiger partial charge >= 0.3 is 6.18 Å². The number of halogens is 3. The Bertz CT molecular complexity index is 776. The summed E-state index contributed by atoms with van der Waals surface area (Å²) < 4.78 is 39.7. The maximum absolute atomic E-state index is 13.2. The Hall–Kier alpha value is -2.29. The average molecular weight is 426 g/mol. The first-order valence-electron chi connectivity index (χ1n) is 10.4. The van der Waals surface area contributed by atoms with E-state index in [0.29, 0.717) is 18.7 Å². The molecule has 0 aromatic heterocycles. The largest absolute Gasteiger partial charge is 0.416 e. The number of nitrogens with one attached hydrogen (secondary N) is 1. The highest BCUT2D eigenvalue weighted by atomic mass is 19.4. The van der Waals surface area contributed by atoms with E-state index in [0.717, 1.165) is 50.9 Å². The molecular formula is C21H29F3N4O2. The summed E-state index contributed by atoms with van der Waals surface area (Å²) in [6.07, 6.45) is 0.0210. The van der Waals surface area contributed by atoms with Crippen molar-refractivity contribution in [2.75, 3.05) is 50.5 Å².